The predicted molar refractivity (Wildman–Crippen MR) is 76.0 cm³/mol. The summed E-state index contributed by atoms with van der Waals surface area (Å²) in [4.78, 5) is 0. The van der Waals surface area contributed by atoms with Crippen molar-refractivity contribution < 1.29 is 13.5 Å². The zero-order valence-corrected chi connectivity index (χ0v) is 11.1. The summed E-state index contributed by atoms with van der Waals surface area (Å²) in [7, 11) is 1.60. The first kappa shape index (κ1) is 14.1. The van der Waals surface area contributed by atoms with E-state index < -0.39 is 11.6 Å². The smallest absolute Gasteiger partial charge is 0.151 e. The van der Waals surface area contributed by atoms with Crippen LogP contribution in [-0.4, -0.2) is 13.7 Å². The molecule has 2 aromatic rings. The van der Waals surface area contributed by atoms with Crippen LogP contribution in [0.2, 0.25) is 0 Å². The van der Waals surface area contributed by atoms with Crippen molar-refractivity contribution in [3.63, 3.8) is 0 Å². The maximum atomic E-state index is 13.5. The lowest BCUT2D eigenvalue weighted by Gasteiger charge is -2.10. The molecule has 0 unspecified atom stereocenters. The van der Waals surface area contributed by atoms with Gasteiger partial charge in [0, 0.05) is 12.2 Å². The Bertz CT molecular complexity index is 562. The number of hydrogen-bond donors (Lipinski definition) is 2. The van der Waals surface area contributed by atoms with Crippen molar-refractivity contribution in [3.8, 4) is 5.75 Å². The molecule has 0 fully saturated rings. The Labute approximate surface area is 116 Å². The lowest BCUT2D eigenvalue weighted by molar-refractivity contribution is 0.414. The lowest BCUT2D eigenvalue weighted by Crippen LogP contribution is -2.08. The molecule has 0 atom stereocenters. The molecule has 20 heavy (non-hydrogen) atoms. The predicted octanol–water partition coefficient (Wildman–Crippen LogP) is 3.21. The zero-order valence-electron chi connectivity index (χ0n) is 11.1. The van der Waals surface area contributed by atoms with Crippen molar-refractivity contribution in [1.29, 1.82) is 0 Å². The Morgan fingerprint density at radius 1 is 1.10 bits per heavy atom. The third-order valence-corrected chi connectivity index (χ3v) is 2.94. The largest absolute Gasteiger partial charge is 0.497 e. The van der Waals surface area contributed by atoms with Crippen molar-refractivity contribution in [1.82, 2.24) is 0 Å². The van der Waals surface area contributed by atoms with Crippen molar-refractivity contribution >= 4 is 11.4 Å². The first-order valence-corrected chi connectivity index (χ1v) is 6.21. The quantitative estimate of drug-likeness (QED) is 0.826. The summed E-state index contributed by atoms with van der Waals surface area (Å²) in [6, 6.07) is 9.71. The molecule has 0 amide bonds. The van der Waals surface area contributed by atoms with Crippen LogP contribution in [0.25, 0.3) is 0 Å². The topological polar surface area (TPSA) is 47.3 Å². The number of hydrogen-bond acceptors (Lipinski definition) is 3. The first-order valence-electron chi connectivity index (χ1n) is 6.21. The Balaban J connectivity index is 1.95. The van der Waals surface area contributed by atoms with Crippen molar-refractivity contribution in [3.05, 3.63) is 53.6 Å². The van der Waals surface area contributed by atoms with E-state index in [9.17, 15) is 8.78 Å². The molecule has 2 aromatic carbocycles. The maximum Gasteiger partial charge on any atom is 0.151 e. The molecule has 3 nitrogen and oxygen atoms in total. The summed E-state index contributed by atoms with van der Waals surface area (Å²) in [5.41, 5.74) is 6.33. The molecule has 0 saturated heterocycles. The molecule has 3 N–H and O–H groups in total. The molecule has 106 valence electrons. The number of methoxy groups -OCH3 is 1. The number of anilines is 2. The molecule has 0 radical (unpaired) electrons. The molecule has 0 saturated carbocycles. The van der Waals surface area contributed by atoms with Crippen LogP contribution in [0.3, 0.4) is 0 Å². The third kappa shape index (κ3) is 3.38. The Kier molecular flexibility index (Phi) is 4.40. The SMILES string of the molecule is COc1ccc(CCNc2c(F)cc(N)cc2F)cc1. The Morgan fingerprint density at radius 3 is 2.25 bits per heavy atom. The van der Waals surface area contributed by atoms with E-state index in [1.807, 2.05) is 24.3 Å². The van der Waals surface area contributed by atoms with Gasteiger partial charge in [-0.2, -0.15) is 0 Å². The monoisotopic (exact) mass is 278 g/mol. The molecule has 5 heteroatoms. The van der Waals surface area contributed by atoms with Crippen LogP contribution in [0.5, 0.6) is 5.75 Å². The summed E-state index contributed by atoms with van der Waals surface area (Å²) >= 11 is 0. The number of halogens is 2. The molecule has 0 aliphatic rings. The molecular weight excluding hydrogens is 262 g/mol. The Hall–Kier alpha value is -2.30. The van der Waals surface area contributed by atoms with Gasteiger partial charge in [-0.1, -0.05) is 12.1 Å². The highest BCUT2D eigenvalue weighted by Crippen LogP contribution is 2.22. The molecule has 2 rings (SSSR count). The molecule has 0 aromatic heterocycles. The van der Waals surface area contributed by atoms with Crippen LogP contribution >= 0.6 is 0 Å². The summed E-state index contributed by atoms with van der Waals surface area (Å²) in [6.45, 7) is 0.421. The zero-order chi connectivity index (χ0) is 14.5. The van der Waals surface area contributed by atoms with Gasteiger partial charge in [0.15, 0.2) is 11.6 Å². The first-order chi connectivity index (χ1) is 9.60. The summed E-state index contributed by atoms with van der Waals surface area (Å²) in [6.07, 6.45) is 0.646. The second-order valence-corrected chi connectivity index (χ2v) is 4.38. The maximum absolute atomic E-state index is 13.5. The van der Waals surface area contributed by atoms with E-state index in [0.717, 1.165) is 23.4 Å². The van der Waals surface area contributed by atoms with Crippen LogP contribution in [0.1, 0.15) is 5.56 Å². The van der Waals surface area contributed by atoms with Gasteiger partial charge in [-0.25, -0.2) is 8.78 Å². The van der Waals surface area contributed by atoms with Crippen molar-refractivity contribution in [2.24, 2.45) is 0 Å². The van der Waals surface area contributed by atoms with Gasteiger partial charge in [-0.15, -0.1) is 0 Å². The molecular formula is C15H16F2N2O. The summed E-state index contributed by atoms with van der Waals surface area (Å²) in [5.74, 6) is -0.591. The molecule has 0 bridgehead atoms. The van der Waals surface area contributed by atoms with Gasteiger partial charge in [0.05, 0.1) is 7.11 Å². The van der Waals surface area contributed by atoms with Gasteiger partial charge in [0.25, 0.3) is 0 Å². The number of benzene rings is 2. The molecule has 0 heterocycles. The second kappa shape index (κ2) is 6.23. The van der Waals surface area contributed by atoms with Crippen LogP contribution in [0, 0.1) is 11.6 Å². The van der Waals surface area contributed by atoms with Crippen LogP contribution < -0.4 is 15.8 Å². The van der Waals surface area contributed by atoms with Gasteiger partial charge >= 0.3 is 0 Å². The standard InChI is InChI=1S/C15H16F2N2O/c1-20-12-4-2-10(3-5-12)6-7-19-15-13(16)8-11(18)9-14(15)17/h2-5,8-9,19H,6-7,18H2,1H3. The number of ether oxygens (including phenoxy) is 1. The van der Waals surface area contributed by atoms with Crippen molar-refractivity contribution in [2.75, 3.05) is 24.7 Å². The third-order valence-electron chi connectivity index (χ3n) is 2.94. The minimum absolute atomic E-state index is 0.0701. The normalized spacial score (nSPS) is 10.3. The van der Waals surface area contributed by atoms with Gasteiger partial charge in [0.1, 0.15) is 11.4 Å². The van der Waals surface area contributed by atoms with E-state index in [1.54, 1.807) is 7.11 Å². The van der Waals surface area contributed by atoms with E-state index >= 15 is 0 Å². The van der Waals surface area contributed by atoms with E-state index in [2.05, 4.69) is 5.32 Å². The van der Waals surface area contributed by atoms with E-state index in [1.165, 1.54) is 0 Å². The highest BCUT2D eigenvalue weighted by atomic mass is 19.1. The van der Waals surface area contributed by atoms with E-state index in [0.29, 0.717) is 13.0 Å². The highest BCUT2D eigenvalue weighted by molar-refractivity contribution is 5.54. The average Bonchev–Trinajstić information content (AvgIpc) is 2.42. The van der Waals surface area contributed by atoms with Gasteiger partial charge in [-0.05, 0) is 36.2 Å². The second-order valence-electron chi connectivity index (χ2n) is 4.38. The summed E-state index contributed by atoms with van der Waals surface area (Å²) in [5, 5.41) is 2.75. The fourth-order valence-corrected chi connectivity index (χ4v) is 1.89. The number of nitrogens with one attached hydrogen (secondary N) is 1. The molecule has 0 aliphatic carbocycles. The van der Waals surface area contributed by atoms with Crippen LogP contribution in [0.15, 0.2) is 36.4 Å². The number of rotatable bonds is 5. The van der Waals surface area contributed by atoms with Gasteiger partial charge in [0.2, 0.25) is 0 Å². The number of nitrogen functional groups attached to an aromatic ring is 1. The molecule has 0 aliphatic heterocycles. The average molecular weight is 278 g/mol. The van der Waals surface area contributed by atoms with E-state index in [4.69, 9.17) is 10.5 Å². The lowest BCUT2D eigenvalue weighted by atomic mass is 10.1. The minimum Gasteiger partial charge on any atom is -0.497 e. The minimum atomic E-state index is -0.683. The van der Waals surface area contributed by atoms with E-state index in [-0.39, 0.29) is 11.4 Å². The van der Waals surface area contributed by atoms with Gasteiger partial charge in [-0.3, -0.25) is 0 Å². The van der Waals surface area contributed by atoms with Crippen LogP contribution in [0.4, 0.5) is 20.2 Å². The molecule has 0 spiro atoms. The number of nitrogens with two attached hydrogens (primary N) is 1. The van der Waals surface area contributed by atoms with Crippen molar-refractivity contribution in [2.45, 2.75) is 6.42 Å². The fourth-order valence-electron chi connectivity index (χ4n) is 1.89. The van der Waals surface area contributed by atoms with Gasteiger partial charge < -0.3 is 15.8 Å². The fraction of sp³-hybridized carbons (Fsp3) is 0.200. The summed E-state index contributed by atoms with van der Waals surface area (Å²) < 4.78 is 32.1. The van der Waals surface area contributed by atoms with Crippen LogP contribution in [-0.2, 0) is 6.42 Å². The Morgan fingerprint density at radius 2 is 1.70 bits per heavy atom. The highest BCUT2D eigenvalue weighted by Gasteiger charge is 2.09.